The summed E-state index contributed by atoms with van der Waals surface area (Å²) in [7, 11) is -3.60. The van der Waals surface area contributed by atoms with E-state index in [0.29, 0.717) is 11.5 Å². The highest BCUT2D eigenvalue weighted by Gasteiger charge is 2.33. The number of hydrogen-bond donors (Lipinski definition) is 0. The molecule has 1 unspecified atom stereocenters. The van der Waals surface area contributed by atoms with Crippen molar-refractivity contribution < 1.29 is 13.2 Å². The van der Waals surface area contributed by atoms with Crippen LogP contribution in [0.15, 0.2) is 64.9 Å². The van der Waals surface area contributed by atoms with Gasteiger partial charge in [0.25, 0.3) is 0 Å². The van der Waals surface area contributed by atoms with E-state index in [0.717, 1.165) is 88.1 Å². The molecule has 0 amide bonds. The van der Waals surface area contributed by atoms with E-state index in [1.54, 1.807) is 10.5 Å². The maximum atomic E-state index is 14.0. The third-order valence-corrected chi connectivity index (χ3v) is 9.25. The van der Waals surface area contributed by atoms with Crippen molar-refractivity contribution in [2.45, 2.75) is 71.3 Å². The number of hydrazone groups is 1. The topological polar surface area (TPSA) is 62.2 Å². The summed E-state index contributed by atoms with van der Waals surface area (Å²) in [6.07, 6.45) is 13.7. The van der Waals surface area contributed by atoms with E-state index in [2.05, 4.69) is 18.6 Å². The molecule has 0 N–H and O–H groups in total. The number of nitrogens with zero attached hydrogens (tertiary/aromatic N) is 3. The monoisotopic (exact) mass is 511 g/mol. The number of anilines is 1. The van der Waals surface area contributed by atoms with Crippen LogP contribution in [-0.4, -0.2) is 51.2 Å². The molecule has 1 aromatic carbocycles. The van der Waals surface area contributed by atoms with Crippen LogP contribution >= 0.6 is 0 Å². The van der Waals surface area contributed by atoms with Crippen LogP contribution in [0.5, 0.6) is 0 Å². The van der Waals surface area contributed by atoms with Gasteiger partial charge in [-0.2, -0.15) is 5.10 Å². The fraction of sp³-hybridized carbons (Fsp3) is 0.552. The molecule has 2 fully saturated rings. The maximum absolute atomic E-state index is 14.0. The molecular weight excluding hydrogens is 470 g/mol. The van der Waals surface area contributed by atoms with Gasteiger partial charge in [0, 0.05) is 31.5 Å². The van der Waals surface area contributed by atoms with Crippen LogP contribution in [0.25, 0.3) is 0 Å². The number of aryl methyl sites for hydroxylation is 1. The van der Waals surface area contributed by atoms with Gasteiger partial charge in [-0.05, 0) is 92.4 Å². The Kier molecular flexibility index (Phi) is 9.07. The van der Waals surface area contributed by atoms with Gasteiger partial charge in [-0.1, -0.05) is 38.5 Å². The number of sulfonamides is 1. The van der Waals surface area contributed by atoms with Gasteiger partial charge in [-0.25, -0.2) is 8.42 Å². The first-order valence-electron chi connectivity index (χ1n) is 13.4. The van der Waals surface area contributed by atoms with Crippen molar-refractivity contribution in [2.24, 2.45) is 11.0 Å². The Labute approximate surface area is 217 Å². The molecule has 6 nitrogen and oxygen atoms in total. The molecule has 0 aromatic heterocycles. The molecule has 4 rings (SSSR count). The first kappa shape index (κ1) is 26.7. The Morgan fingerprint density at radius 1 is 1.06 bits per heavy atom. The molecule has 2 heterocycles. The van der Waals surface area contributed by atoms with E-state index in [4.69, 9.17) is 4.74 Å². The minimum Gasteiger partial charge on any atom is -0.381 e. The lowest BCUT2D eigenvalue weighted by Gasteiger charge is -2.31. The van der Waals surface area contributed by atoms with Crippen LogP contribution in [0.1, 0.15) is 64.4 Å². The highest BCUT2D eigenvalue weighted by molar-refractivity contribution is 7.93. The first-order valence-corrected chi connectivity index (χ1v) is 15.0. The summed E-state index contributed by atoms with van der Waals surface area (Å²) in [5.41, 5.74) is 4.37. The molecule has 1 atom stereocenters. The third-order valence-electron chi connectivity index (χ3n) is 7.44. The molecule has 1 saturated heterocycles. The van der Waals surface area contributed by atoms with Gasteiger partial charge in [-0.15, -0.1) is 0 Å². The van der Waals surface area contributed by atoms with Crippen LogP contribution in [0.2, 0.25) is 0 Å². The molecule has 1 aliphatic carbocycles. The average molecular weight is 512 g/mol. The van der Waals surface area contributed by atoms with Gasteiger partial charge in [0.05, 0.1) is 17.7 Å². The van der Waals surface area contributed by atoms with Gasteiger partial charge < -0.3 is 4.74 Å². The molecule has 7 heteroatoms. The van der Waals surface area contributed by atoms with Crippen LogP contribution in [-0.2, 0) is 21.2 Å². The van der Waals surface area contributed by atoms with Crippen molar-refractivity contribution in [2.75, 3.05) is 29.8 Å². The molecule has 0 radical (unpaired) electrons. The Hall–Kier alpha value is -2.38. The normalized spacial score (nSPS) is 25.8. The second-order valence-corrected chi connectivity index (χ2v) is 12.2. The van der Waals surface area contributed by atoms with Gasteiger partial charge in [0.1, 0.15) is 0 Å². The van der Waals surface area contributed by atoms with Crippen LogP contribution in [0, 0.1) is 5.92 Å². The molecule has 3 aliphatic rings. The van der Waals surface area contributed by atoms with Crippen molar-refractivity contribution in [1.82, 2.24) is 5.01 Å². The number of ether oxygens (including phenoxy) is 1. The average Bonchev–Trinajstić information content (AvgIpc) is 3.23. The highest BCUT2D eigenvalue weighted by Crippen LogP contribution is 2.32. The Morgan fingerprint density at radius 3 is 2.53 bits per heavy atom. The number of hydrogen-bond acceptors (Lipinski definition) is 5. The fourth-order valence-electron chi connectivity index (χ4n) is 5.46. The van der Waals surface area contributed by atoms with Crippen molar-refractivity contribution in [3.8, 4) is 0 Å². The molecule has 36 heavy (non-hydrogen) atoms. The van der Waals surface area contributed by atoms with Crippen molar-refractivity contribution in [1.29, 1.82) is 0 Å². The van der Waals surface area contributed by atoms with Crippen LogP contribution in [0.3, 0.4) is 0 Å². The molecule has 1 saturated carbocycles. The summed E-state index contributed by atoms with van der Waals surface area (Å²) in [5, 5.41) is 6.66. The van der Waals surface area contributed by atoms with Crippen LogP contribution < -0.4 is 4.31 Å². The minimum atomic E-state index is -3.60. The lowest BCUT2D eigenvalue weighted by Crippen LogP contribution is -2.40. The maximum Gasteiger partial charge on any atom is 0.239 e. The lowest BCUT2D eigenvalue weighted by molar-refractivity contribution is 0.139. The van der Waals surface area contributed by atoms with E-state index < -0.39 is 10.0 Å². The Morgan fingerprint density at radius 2 is 1.81 bits per heavy atom. The van der Waals surface area contributed by atoms with Crippen LogP contribution in [0.4, 0.5) is 5.69 Å². The van der Waals surface area contributed by atoms with Gasteiger partial charge in [-0.3, -0.25) is 9.31 Å². The minimum absolute atomic E-state index is 0.0143. The van der Waals surface area contributed by atoms with E-state index in [1.807, 2.05) is 48.4 Å². The molecule has 1 aromatic rings. The second-order valence-electron chi connectivity index (χ2n) is 10.3. The van der Waals surface area contributed by atoms with E-state index in [-0.39, 0.29) is 11.8 Å². The van der Waals surface area contributed by atoms with Gasteiger partial charge in [0.2, 0.25) is 10.0 Å². The highest BCUT2D eigenvalue weighted by atomic mass is 32.2. The molecule has 0 bridgehead atoms. The summed E-state index contributed by atoms with van der Waals surface area (Å²) in [5.74, 6) is 0.440. The summed E-state index contributed by atoms with van der Waals surface area (Å²) in [6.45, 7) is 10.6. The van der Waals surface area contributed by atoms with E-state index in [1.165, 1.54) is 5.56 Å². The molecule has 0 spiro atoms. The zero-order chi connectivity index (χ0) is 25.5. The summed E-state index contributed by atoms with van der Waals surface area (Å²) >= 11 is 0. The quantitative estimate of drug-likeness (QED) is 0.440. The first-order chi connectivity index (χ1) is 17.4. The van der Waals surface area contributed by atoms with Crippen molar-refractivity contribution in [3.63, 3.8) is 0 Å². The SMILES string of the molecule is C=C1/C=N\N(CC2CCCOCC2)/C(C)=C/C(CS(=O)(=O)N(c2ccc(CC)cc2)C2CCCC2)=C\1. The Balaban J connectivity index is 1.58. The number of rotatable bonds is 8. The zero-order valence-corrected chi connectivity index (χ0v) is 22.7. The fourth-order valence-corrected chi connectivity index (χ4v) is 7.30. The largest absolute Gasteiger partial charge is 0.381 e. The summed E-state index contributed by atoms with van der Waals surface area (Å²) in [6, 6.07) is 8.03. The van der Waals surface area contributed by atoms with Gasteiger partial charge >= 0.3 is 0 Å². The predicted molar refractivity (Wildman–Crippen MR) is 149 cm³/mol. The zero-order valence-electron chi connectivity index (χ0n) is 21.9. The molecule has 2 aliphatic heterocycles. The van der Waals surface area contributed by atoms with Gasteiger partial charge in [0.15, 0.2) is 0 Å². The summed E-state index contributed by atoms with van der Waals surface area (Å²) in [4.78, 5) is 0. The second kappa shape index (κ2) is 12.2. The number of benzene rings is 1. The lowest BCUT2D eigenvalue weighted by atomic mass is 10.0. The Bertz CT molecular complexity index is 1090. The van der Waals surface area contributed by atoms with Crippen molar-refractivity contribution in [3.05, 3.63) is 65.4 Å². The molecular formula is C29H41N3O3S. The van der Waals surface area contributed by atoms with E-state index >= 15 is 0 Å². The predicted octanol–water partition coefficient (Wildman–Crippen LogP) is 5.83. The smallest absolute Gasteiger partial charge is 0.239 e. The summed E-state index contributed by atoms with van der Waals surface area (Å²) < 4.78 is 35.2. The standard InChI is InChI=1S/C29H41N3O3S/c1-4-25-11-13-29(14-12-25)32(28-9-5-6-10-28)36(33,34)22-27-18-23(2)20-30-31(24(3)19-27)21-26-8-7-16-35-17-15-26/h11-14,18-20,26,28H,2,4-10,15-17,21-22H2,1,3H3/b24-19+,27-18+,30-20-. The van der Waals surface area contributed by atoms with E-state index in [9.17, 15) is 8.42 Å². The third kappa shape index (κ3) is 6.88. The number of allylic oxidation sites excluding steroid dienone is 4. The molecule has 196 valence electrons. The van der Waals surface area contributed by atoms with Crippen molar-refractivity contribution >= 4 is 21.9 Å².